The molecule has 0 unspecified atom stereocenters. The van der Waals surface area contributed by atoms with Gasteiger partial charge in [-0.05, 0) is 81.0 Å². The van der Waals surface area contributed by atoms with Gasteiger partial charge in [-0.15, -0.1) is 0 Å². The van der Waals surface area contributed by atoms with Crippen molar-refractivity contribution < 1.29 is 106 Å². The fourth-order valence-corrected chi connectivity index (χ4v) is 13.2. The van der Waals surface area contributed by atoms with Crippen LogP contribution < -0.4 is 21.3 Å². The summed E-state index contributed by atoms with van der Waals surface area (Å²) in [6.07, 6.45) is -11.4. The number of aliphatic hydroxyl groups excluding tert-OH is 1. The molecular weight excluding hydrogens is 1220 g/mol. The molecule has 0 aromatic heterocycles. The molecule has 1 saturated heterocycles. The first kappa shape index (κ1) is 72.7. The largest absolute Gasteiger partial charge is 0.466 e. The maximum Gasteiger partial charge on any atom is 0.350 e. The van der Waals surface area contributed by atoms with E-state index in [9.17, 15) is 58.2 Å². The molecule has 4 amide bonds. The Bertz CT molecular complexity index is 3320. The van der Waals surface area contributed by atoms with Crippen LogP contribution in [0, 0.1) is 22.7 Å². The van der Waals surface area contributed by atoms with E-state index in [1.165, 1.54) is 59.1 Å². The van der Waals surface area contributed by atoms with Crippen LogP contribution in [0.3, 0.4) is 0 Å². The minimum absolute atomic E-state index is 0.00483. The number of rotatable bonds is 30. The van der Waals surface area contributed by atoms with E-state index in [1.807, 2.05) is 0 Å². The Morgan fingerprint density at radius 1 is 0.734 bits per heavy atom. The lowest BCUT2D eigenvalue weighted by molar-refractivity contribution is -0.346. The summed E-state index contributed by atoms with van der Waals surface area (Å²) in [4.78, 5) is 164. The molecule has 3 aliphatic carbocycles. The highest BCUT2D eigenvalue weighted by atomic mass is 16.6. The van der Waals surface area contributed by atoms with Crippen LogP contribution in [0.15, 0.2) is 102 Å². The van der Waals surface area contributed by atoms with E-state index in [1.54, 1.807) is 73.7 Å². The van der Waals surface area contributed by atoms with Gasteiger partial charge in [-0.2, -0.15) is 0 Å². The molecule has 2 saturated carbocycles. The van der Waals surface area contributed by atoms with Gasteiger partial charge in [0.15, 0.2) is 23.3 Å². The van der Waals surface area contributed by atoms with Gasteiger partial charge in [-0.25, -0.2) is 9.59 Å². The molecule has 3 aromatic carbocycles. The third-order valence-corrected chi connectivity index (χ3v) is 18.1. The van der Waals surface area contributed by atoms with Crippen LogP contribution in [-0.2, 0) is 85.8 Å². The van der Waals surface area contributed by atoms with Gasteiger partial charge in [0.05, 0.1) is 55.2 Å². The van der Waals surface area contributed by atoms with E-state index in [0.717, 1.165) is 13.8 Å². The summed E-state index contributed by atoms with van der Waals surface area (Å²) in [6, 6.07) is 22.1. The number of ketones is 2. The average Bonchev–Trinajstić information content (AvgIpc) is 0.670. The zero-order chi connectivity index (χ0) is 68.7. The van der Waals surface area contributed by atoms with Gasteiger partial charge in [0.25, 0.3) is 5.91 Å². The molecule has 94 heavy (non-hydrogen) atoms. The summed E-state index contributed by atoms with van der Waals surface area (Å²) in [5.74, 6) is -11.9. The summed E-state index contributed by atoms with van der Waals surface area (Å²) in [7, 11) is 1.32. The predicted molar refractivity (Wildman–Crippen MR) is 330 cm³/mol. The summed E-state index contributed by atoms with van der Waals surface area (Å²) in [5, 5.41) is 36.7. The van der Waals surface area contributed by atoms with E-state index in [-0.39, 0.29) is 99.4 Å². The second-order valence-corrected chi connectivity index (χ2v) is 24.7. The van der Waals surface area contributed by atoms with Gasteiger partial charge in [-0.1, -0.05) is 87.0 Å². The van der Waals surface area contributed by atoms with Crippen molar-refractivity contribution in [3.63, 3.8) is 0 Å². The molecular formula is C68H84N4O22. The Labute approximate surface area is 544 Å². The van der Waals surface area contributed by atoms with Crippen LogP contribution >= 0.6 is 0 Å². The number of nitrogens with one attached hydrogen (secondary N) is 4. The van der Waals surface area contributed by atoms with E-state index in [0.29, 0.717) is 12.8 Å². The molecule has 3 fully saturated rings. The SMILES string of the molecule is CCOC(=O)[C@H](CCCCNC(=O)CCCC(=O)O[C@@H](C(=O)O[C@H]1C[C@@]2(O)[C@@H](OC(=O)c3ccccc3)[C@@H]3[C@]4(OC(C)=O)CO[C@@H]4C[C@H](O)[C@@]3(C)C(=O)[C@H](OC(C)=O)C(=C1C)C2(C)C)[C@@H](NC(=O)c1ccccc1)c1ccccc1)CC(=O)CNC(=O)CNC(=O)COC. The van der Waals surface area contributed by atoms with Crippen LogP contribution in [0.2, 0.25) is 0 Å². The van der Waals surface area contributed by atoms with Gasteiger partial charge in [0.1, 0.15) is 36.6 Å². The third kappa shape index (κ3) is 16.6. The van der Waals surface area contributed by atoms with Crippen molar-refractivity contribution in [1.82, 2.24) is 21.3 Å². The molecule has 26 heteroatoms. The van der Waals surface area contributed by atoms with E-state index < -0.39 is 160 Å². The first-order chi connectivity index (χ1) is 44.6. The topological polar surface area (TPSA) is 367 Å². The predicted octanol–water partition coefficient (Wildman–Crippen LogP) is 3.76. The number of aliphatic hydroxyl groups is 2. The van der Waals surface area contributed by atoms with Gasteiger partial charge in [0, 0.05) is 70.6 Å². The first-order valence-electron chi connectivity index (χ1n) is 31.3. The van der Waals surface area contributed by atoms with Crippen LogP contribution in [0.4, 0.5) is 0 Å². The lowest BCUT2D eigenvalue weighted by atomic mass is 9.44. The van der Waals surface area contributed by atoms with Gasteiger partial charge >= 0.3 is 35.8 Å². The van der Waals surface area contributed by atoms with Crippen molar-refractivity contribution in [3.05, 3.63) is 119 Å². The Kier molecular flexibility index (Phi) is 24.7. The molecule has 1 aliphatic heterocycles. The van der Waals surface area contributed by atoms with E-state index >= 15 is 9.59 Å². The number of hydrogen-bond donors (Lipinski definition) is 6. The second-order valence-electron chi connectivity index (χ2n) is 24.7. The molecule has 3 aromatic rings. The zero-order valence-electron chi connectivity index (χ0n) is 54.0. The smallest absolute Gasteiger partial charge is 0.350 e. The molecule has 6 N–H and O–H groups in total. The molecule has 0 spiro atoms. The second kappa shape index (κ2) is 31.9. The van der Waals surface area contributed by atoms with Crippen LogP contribution in [0.1, 0.15) is 139 Å². The highest BCUT2D eigenvalue weighted by Gasteiger charge is 2.78. The quantitative estimate of drug-likeness (QED) is 0.0239. The van der Waals surface area contributed by atoms with Crippen molar-refractivity contribution in [2.24, 2.45) is 22.7 Å². The molecule has 0 radical (unpaired) electrons. The fraction of sp³-hybridized carbons (Fsp3) is 0.529. The normalized spacial score (nSPS) is 25.0. The monoisotopic (exact) mass is 1310 g/mol. The molecule has 7 rings (SSSR count). The van der Waals surface area contributed by atoms with E-state index in [4.69, 9.17) is 37.9 Å². The van der Waals surface area contributed by atoms with Crippen molar-refractivity contribution >= 4 is 71.0 Å². The Morgan fingerprint density at radius 2 is 1.37 bits per heavy atom. The molecule has 2 bridgehead atoms. The lowest BCUT2D eigenvalue weighted by Crippen LogP contribution is -2.82. The maximum atomic E-state index is 15.9. The van der Waals surface area contributed by atoms with Crippen molar-refractivity contribution in [1.29, 1.82) is 0 Å². The molecule has 4 aliphatic rings. The Morgan fingerprint density at radius 3 is 1.98 bits per heavy atom. The Hall–Kier alpha value is -8.72. The number of ether oxygens (including phenoxy) is 8. The number of benzene rings is 3. The van der Waals surface area contributed by atoms with Crippen molar-refractivity contribution in [3.8, 4) is 0 Å². The van der Waals surface area contributed by atoms with Gasteiger partial charge in [0.2, 0.25) is 23.8 Å². The van der Waals surface area contributed by atoms with Crippen molar-refractivity contribution in [2.45, 2.75) is 160 Å². The number of amides is 4. The summed E-state index contributed by atoms with van der Waals surface area (Å²) >= 11 is 0. The van der Waals surface area contributed by atoms with Crippen LogP contribution in [0.5, 0.6) is 0 Å². The standard InChI is InChI=1S/C68H84N4O22/c1-9-88-62(83)45(32-46(75)35-70-51(78)36-71-52(79)37-87-8)28-19-20-31-69-50(77)29-21-30-53(80)92-57(55(42-22-13-10-14-23-42)72-61(82)43-24-15-11-16-25-43)64(85)91-47-34-68(86)60(93-63(84)44-26-17-12-18-27-44)58-66(7,48(76)33-49-67(58,38-89-49)94-41(4)74)59(81)56(90-40(3)73)54(39(47)2)65(68,5)6/h10-18,22-27,45,47-49,55-58,60,76,86H,9,19-21,28-38H2,1-8H3,(H,69,77)(H,70,78)(H,71,79)(H,72,82)/t45-,47+,48+,49-,55+,56-,57-,58+,60+,66-,67+,68-/m1/s1. The minimum atomic E-state index is -2.54. The van der Waals surface area contributed by atoms with Crippen molar-refractivity contribution in [2.75, 3.05) is 46.6 Å². The maximum absolute atomic E-state index is 15.9. The first-order valence-corrected chi connectivity index (χ1v) is 31.3. The zero-order valence-corrected chi connectivity index (χ0v) is 54.0. The third-order valence-electron chi connectivity index (χ3n) is 18.1. The van der Waals surface area contributed by atoms with Gasteiger partial charge < -0.3 is 69.4 Å². The highest BCUT2D eigenvalue weighted by molar-refractivity contribution is 5.97. The lowest BCUT2D eigenvalue weighted by Gasteiger charge is -2.67. The van der Waals surface area contributed by atoms with Crippen LogP contribution in [-0.4, -0.2) is 176 Å². The molecule has 26 nitrogen and oxygen atoms in total. The van der Waals surface area contributed by atoms with Gasteiger partial charge in [-0.3, -0.25) is 47.9 Å². The number of carbonyl (C=O) groups excluding carboxylic acids is 12. The number of fused-ring (bicyclic) bond motifs is 5. The summed E-state index contributed by atoms with van der Waals surface area (Å²) in [5.41, 5.74) is -7.98. The summed E-state index contributed by atoms with van der Waals surface area (Å²) in [6.45, 7) is 8.45. The molecule has 1 heterocycles. The molecule has 12 atom stereocenters. The number of methoxy groups -OCH3 is 1. The average molecular weight is 1310 g/mol. The number of esters is 6. The number of Topliss-reactive ketones (excluding diaryl/α,β-unsaturated/α-hetero) is 2. The van der Waals surface area contributed by atoms with E-state index in [2.05, 4.69) is 21.3 Å². The number of hydrogen-bond acceptors (Lipinski definition) is 22. The fourth-order valence-electron chi connectivity index (χ4n) is 13.2. The highest BCUT2D eigenvalue weighted by Crippen LogP contribution is 2.64. The molecule has 508 valence electrons. The number of unbranched alkanes of at least 4 members (excludes halogenated alkanes) is 1. The minimum Gasteiger partial charge on any atom is -0.466 e. The summed E-state index contributed by atoms with van der Waals surface area (Å²) < 4.78 is 46.9. The van der Waals surface area contributed by atoms with Crippen LogP contribution in [0.25, 0.3) is 0 Å². The Balaban J connectivity index is 1.15. The number of carbonyl (C=O) groups is 12.